The molecule has 200 valence electrons. The Hall–Kier alpha value is -3.70. The highest BCUT2D eigenvalue weighted by Crippen LogP contribution is 2.34. The van der Waals surface area contributed by atoms with Gasteiger partial charge < -0.3 is 19.7 Å². The predicted molar refractivity (Wildman–Crippen MR) is 132 cm³/mol. The quantitative estimate of drug-likeness (QED) is 0.208. The molecular weight excluding hydrogens is 509 g/mol. The van der Waals surface area contributed by atoms with Gasteiger partial charge in [0.05, 0.1) is 11.6 Å². The van der Waals surface area contributed by atoms with E-state index in [1.807, 2.05) is 36.4 Å². The first-order valence-corrected chi connectivity index (χ1v) is 12.0. The van der Waals surface area contributed by atoms with Crippen LogP contribution < -0.4 is 9.64 Å². The number of piperazine rings is 1. The molecule has 2 heterocycles. The number of ether oxygens (including phenoxy) is 1. The maximum absolute atomic E-state index is 14.3. The first kappa shape index (κ1) is 25.9. The molecule has 38 heavy (non-hydrogen) atoms. The highest BCUT2D eigenvalue weighted by atomic mass is 19.2. The van der Waals surface area contributed by atoms with Crippen LogP contribution in [-0.2, 0) is 4.79 Å². The predicted octanol–water partition coefficient (Wildman–Crippen LogP) is 4.54. The van der Waals surface area contributed by atoms with Crippen molar-refractivity contribution in [1.29, 1.82) is 0 Å². The number of benzene rings is 3. The number of rotatable bonds is 7. The van der Waals surface area contributed by atoms with Gasteiger partial charge in [0.15, 0.2) is 23.3 Å². The lowest BCUT2D eigenvalue weighted by Gasteiger charge is -2.42. The SMILES string of the molecule is CC(=O)C1CN(c2c(F)c(F)c(F)c(F)c2F)CCN1CC(O)COc1cccc2[nH]c3ccccc3c12. The van der Waals surface area contributed by atoms with Gasteiger partial charge in [0, 0.05) is 42.5 Å². The second kappa shape index (κ2) is 10.2. The van der Waals surface area contributed by atoms with Crippen molar-refractivity contribution in [3.8, 4) is 5.75 Å². The molecule has 2 atom stereocenters. The van der Waals surface area contributed by atoms with E-state index in [-0.39, 0.29) is 38.6 Å². The number of aromatic nitrogens is 1. The van der Waals surface area contributed by atoms with Crippen LogP contribution in [0.4, 0.5) is 27.6 Å². The molecule has 0 saturated carbocycles. The molecule has 6 nitrogen and oxygen atoms in total. The number of ketones is 1. The van der Waals surface area contributed by atoms with Crippen molar-refractivity contribution in [1.82, 2.24) is 9.88 Å². The van der Waals surface area contributed by atoms with Gasteiger partial charge in [-0.25, -0.2) is 22.0 Å². The van der Waals surface area contributed by atoms with Crippen LogP contribution >= 0.6 is 0 Å². The van der Waals surface area contributed by atoms with Gasteiger partial charge in [-0.1, -0.05) is 24.3 Å². The third-order valence-electron chi connectivity index (χ3n) is 6.83. The minimum absolute atomic E-state index is 0.000940. The Labute approximate surface area is 214 Å². The number of anilines is 1. The molecule has 2 N–H and O–H groups in total. The maximum Gasteiger partial charge on any atom is 0.200 e. The molecule has 1 aliphatic rings. The van der Waals surface area contributed by atoms with E-state index in [1.54, 1.807) is 11.0 Å². The highest BCUT2D eigenvalue weighted by Gasteiger charge is 2.36. The van der Waals surface area contributed by atoms with Crippen LogP contribution in [0.25, 0.3) is 21.8 Å². The van der Waals surface area contributed by atoms with Crippen LogP contribution in [0, 0.1) is 29.1 Å². The summed E-state index contributed by atoms with van der Waals surface area (Å²) in [6, 6.07) is 12.3. The van der Waals surface area contributed by atoms with E-state index in [0.29, 0.717) is 5.75 Å². The summed E-state index contributed by atoms with van der Waals surface area (Å²) in [7, 11) is 0. The molecule has 1 aliphatic heterocycles. The lowest BCUT2D eigenvalue weighted by molar-refractivity contribution is -0.123. The van der Waals surface area contributed by atoms with E-state index in [2.05, 4.69) is 4.98 Å². The molecule has 4 aromatic rings. The second-order valence-corrected chi connectivity index (χ2v) is 9.30. The van der Waals surface area contributed by atoms with Crippen LogP contribution in [0.5, 0.6) is 5.75 Å². The average molecular weight is 533 g/mol. The van der Waals surface area contributed by atoms with Gasteiger partial charge in [-0.15, -0.1) is 0 Å². The number of carbonyl (C=O) groups excluding carboxylic acids is 1. The number of fused-ring (bicyclic) bond motifs is 3. The number of nitrogens with zero attached hydrogens (tertiary/aromatic N) is 2. The first-order valence-electron chi connectivity index (χ1n) is 12.0. The van der Waals surface area contributed by atoms with Crippen LogP contribution in [0.2, 0.25) is 0 Å². The number of Topliss-reactive ketones (excluding diaryl/α,β-unsaturated/α-hetero) is 1. The Morgan fingerprint density at radius 3 is 2.34 bits per heavy atom. The van der Waals surface area contributed by atoms with Crippen molar-refractivity contribution in [3.63, 3.8) is 0 Å². The third kappa shape index (κ3) is 4.56. The van der Waals surface area contributed by atoms with Crippen LogP contribution in [-0.4, -0.2) is 65.7 Å². The molecule has 5 rings (SSSR count). The summed E-state index contributed by atoms with van der Waals surface area (Å²) < 4.78 is 75.6. The lowest BCUT2D eigenvalue weighted by atomic mass is 10.1. The smallest absolute Gasteiger partial charge is 0.200 e. The molecule has 0 bridgehead atoms. The van der Waals surface area contributed by atoms with Crippen molar-refractivity contribution < 1.29 is 36.6 Å². The monoisotopic (exact) mass is 533 g/mol. The van der Waals surface area contributed by atoms with E-state index in [0.717, 1.165) is 26.7 Å². The number of aliphatic hydroxyl groups is 1. The van der Waals surface area contributed by atoms with Gasteiger partial charge >= 0.3 is 0 Å². The summed E-state index contributed by atoms with van der Waals surface area (Å²) in [4.78, 5) is 18.3. The summed E-state index contributed by atoms with van der Waals surface area (Å²) in [5, 5.41) is 12.5. The number of H-pyrrole nitrogens is 1. The molecule has 3 aromatic carbocycles. The fourth-order valence-corrected chi connectivity index (χ4v) is 5.00. The highest BCUT2D eigenvalue weighted by molar-refractivity contribution is 6.10. The molecular formula is C27H24F5N3O3. The number of β-amino-alcohol motifs (C(OH)–C–C–N with tert-alkyl or cyclic N) is 1. The van der Waals surface area contributed by atoms with Crippen LogP contribution in [0.3, 0.4) is 0 Å². The minimum Gasteiger partial charge on any atom is -0.490 e. The largest absolute Gasteiger partial charge is 0.490 e. The fraction of sp³-hybridized carbons (Fsp3) is 0.296. The van der Waals surface area contributed by atoms with Crippen molar-refractivity contribution in [3.05, 3.63) is 71.6 Å². The maximum atomic E-state index is 14.3. The topological polar surface area (TPSA) is 68.8 Å². The van der Waals surface area contributed by atoms with E-state index >= 15 is 0 Å². The van der Waals surface area contributed by atoms with Crippen molar-refractivity contribution >= 4 is 33.3 Å². The number of hydrogen-bond acceptors (Lipinski definition) is 5. The van der Waals surface area contributed by atoms with Crippen LogP contribution in [0.1, 0.15) is 6.92 Å². The minimum atomic E-state index is -2.24. The zero-order chi connectivity index (χ0) is 27.1. The van der Waals surface area contributed by atoms with E-state index < -0.39 is 46.9 Å². The molecule has 0 spiro atoms. The number of carbonyl (C=O) groups is 1. The zero-order valence-electron chi connectivity index (χ0n) is 20.3. The molecule has 0 radical (unpaired) electrons. The fourth-order valence-electron chi connectivity index (χ4n) is 5.00. The Kier molecular flexibility index (Phi) is 6.97. The lowest BCUT2D eigenvalue weighted by Crippen LogP contribution is -2.58. The standard InChI is InChI=1S/C27H24F5N3O3/c1-14(36)19-12-35(27-25(31)23(29)22(28)24(30)26(27)32)10-9-34(19)11-15(37)13-38-20-8-4-7-18-21(20)16-5-2-3-6-17(16)33-18/h2-8,15,19,33,37H,9-13H2,1H3. The van der Waals surface area contributed by atoms with Crippen LogP contribution in [0.15, 0.2) is 42.5 Å². The Bertz CT molecular complexity index is 1500. The van der Waals surface area contributed by atoms with Crippen molar-refractivity contribution in [2.24, 2.45) is 0 Å². The molecule has 11 heteroatoms. The van der Waals surface area contributed by atoms with Gasteiger partial charge in [-0.3, -0.25) is 9.69 Å². The van der Waals surface area contributed by atoms with E-state index in [1.165, 1.54) is 6.92 Å². The van der Waals surface area contributed by atoms with Gasteiger partial charge in [-0.05, 0) is 25.1 Å². The first-order chi connectivity index (χ1) is 18.2. The average Bonchev–Trinajstić information content (AvgIpc) is 3.29. The van der Waals surface area contributed by atoms with E-state index in [9.17, 15) is 31.9 Å². The summed E-state index contributed by atoms with van der Waals surface area (Å²) in [5.41, 5.74) is 0.747. The molecule has 0 aliphatic carbocycles. The summed E-state index contributed by atoms with van der Waals surface area (Å²) in [6.07, 6.45) is -1.03. The normalized spacial score (nSPS) is 17.3. The molecule has 2 unspecified atom stereocenters. The molecule has 1 fully saturated rings. The number of para-hydroxylation sites is 1. The van der Waals surface area contributed by atoms with Gasteiger partial charge in [0.1, 0.15) is 29.9 Å². The Morgan fingerprint density at radius 1 is 0.974 bits per heavy atom. The number of aliphatic hydroxyl groups excluding tert-OH is 1. The Morgan fingerprint density at radius 2 is 1.63 bits per heavy atom. The molecule has 1 saturated heterocycles. The van der Waals surface area contributed by atoms with Crippen molar-refractivity contribution in [2.45, 2.75) is 19.1 Å². The number of halogens is 5. The number of hydrogen-bond donors (Lipinski definition) is 2. The van der Waals surface area contributed by atoms with Crippen molar-refractivity contribution in [2.75, 3.05) is 37.7 Å². The van der Waals surface area contributed by atoms with Gasteiger partial charge in [0.25, 0.3) is 0 Å². The summed E-state index contributed by atoms with van der Waals surface area (Å²) in [5.74, 6) is -10.0. The summed E-state index contributed by atoms with van der Waals surface area (Å²) >= 11 is 0. The Balaban J connectivity index is 1.29. The second-order valence-electron chi connectivity index (χ2n) is 9.30. The van der Waals surface area contributed by atoms with Gasteiger partial charge in [-0.2, -0.15) is 0 Å². The zero-order valence-corrected chi connectivity index (χ0v) is 20.3. The summed E-state index contributed by atoms with van der Waals surface area (Å²) in [6.45, 7) is 0.777. The van der Waals surface area contributed by atoms with Gasteiger partial charge in [0.2, 0.25) is 5.82 Å². The number of nitrogens with one attached hydrogen (secondary N) is 1. The molecule has 0 amide bonds. The third-order valence-corrected chi connectivity index (χ3v) is 6.83. The number of aromatic amines is 1. The molecule has 1 aromatic heterocycles. The van der Waals surface area contributed by atoms with E-state index in [4.69, 9.17) is 4.74 Å².